The molecule has 1 saturated heterocycles. The first kappa shape index (κ1) is 9.90. The van der Waals surface area contributed by atoms with Crippen molar-refractivity contribution in [2.45, 2.75) is 12.8 Å². The summed E-state index contributed by atoms with van der Waals surface area (Å²) in [6.07, 6.45) is 2.67. The monoisotopic (exact) mass is 194 g/mol. The number of ether oxygens (including phenoxy) is 1. The Kier molecular flexibility index (Phi) is 3.44. The molecule has 0 aromatic heterocycles. The van der Waals surface area contributed by atoms with Crippen molar-refractivity contribution in [3.05, 3.63) is 0 Å². The Bertz CT molecular complexity index is 165. The van der Waals surface area contributed by atoms with Crippen molar-refractivity contribution in [1.82, 2.24) is 0 Å². The number of methoxy groups -OCH3 is 1. The van der Waals surface area contributed by atoms with Crippen molar-refractivity contribution in [2.75, 3.05) is 26.0 Å². The van der Waals surface area contributed by atoms with E-state index in [-0.39, 0.29) is 12.1 Å². The number of hydrogen-bond donors (Lipinski definition) is 1. The summed E-state index contributed by atoms with van der Waals surface area (Å²) in [4.78, 5) is 20.6. The molecule has 1 rings (SSSR count). The molecule has 0 amide bonds. The van der Waals surface area contributed by atoms with E-state index in [1.807, 2.05) is 0 Å². The quantitative estimate of drug-likeness (QED) is 0.515. The summed E-state index contributed by atoms with van der Waals surface area (Å²) in [6, 6.07) is 0. The van der Waals surface area contributed by atoms with E-state index in [0.29, 0.717) is 12.8 Å². The number of carbonyl (C=O) groups excluding carboxylic acids is 1. The maximum atomic E-state index is 10.9. The van der Waals surface area contributed by atoms with E-state index in [4.69, 9.17) is 4.52 Å². The molecule has 0 bridgehead atoms. The molecule has 1 heterocycles. The van der Waals surface area contributed by atoms with Gasteiger partial charge in [0.2, 0.25) is 0 Å². The zero-order valence-electron chi connectivity index (χ0n) is 7.21. The number of hydrogen-bond acceptors (Lipinski definition) is 4. The van der Waals surface area contributed by atoms with Crippen LogP contribution in [0.25, 0.3) is 0 Å². The van der Waals surface area contributed by atoms with E-state index < -0.39 is 7.72 Å². The number of esters is 1. The molecular weight excluding hydrogens is 179 g/mol. The van der Waals surface area contributed by atoms with E-state index in [1.165, 1.54) is 7.11 Å². The van der Waals surface area contributed by atoms with Gasteiger partial charge < -0.3 is 0 Å². The average Bonchev–Trinajstić information content (AvgIpc) is 2.05. The topological polar surface area (TPSA) is 55.8 Å². The zero-order valence-corrected chi connectivity index (χ0v) is 8.21. The van der Waals surface area contributed by atoms with E-state index in [1.54, 1.807) is 0 Å². The SMILES string of the molecule is COC(=O)C[PH]1(O)CCCCO1. The summed E-state index contributed by atoms with van der Waals surface area (Å²) in [5, 5.41) is 0. The summed E-state index contributed by atoms with van der Waals surface area (Å²) < 4.78 is 9.71. The predicted octanol–water partition coefficient (Wildman–Crippen LogP) is 0.542. The van der Waals surface area contributed by atoms with Gasteiger partial charge in [0.05, 0.1) is 0 Å². The van der Waals surface area contributed by atoms with Crippen molar-refractivity contribution >= 4 is 13.7 Å². The van der Waals surface area contributed by atoms with Gasteiger partial charge in [-0.2, -0.15) is 0 Å². The normalized spacial score (nSPS) is 24.5. The maximum absolute atomic E-state index is 10.9. The zero-order chi connectivity index (χ0) is 9.03. The molecule has 0 saturated carbocycles. The van der Waals surface area contributed by atoms with Crippen LogP contribution in [-0.2, 0) is 14.1 Å². The van der Waals surface area contributed by atoms with Gasteiger partial charge in [-0.15, -0.1) is 0 Å². The minimum absolute atomic E-state index is 0.0729. The Hall–Kier alpha value is -0.180. The van der Waals surface area contributed by atoms with E-state index in [9.17, 15) is 9.69 Å². The first-order valence-corrected chi connectivity index (χ1v) is 6.36. The van der Waals surface area contributed by atoms with E-state index >= 15 is 0 Å². The molecule has 4 nitrogen and oxygen atoms in total. The molecule has 1 aliphatic rings. The third-order valence-corrected chi connectivity index (χ3v) is 4.70. The summed E-state index contributed by atoms with van der Waals surface area (Å²) in [6.45, 7) is 0.583. The molecule has 0 spiro atoms. The van der Waals surface area contributed by atoms with Crippen LogP contribution in [0.3, 0.4) is 0 Å². The van der Waals surface area contributed by atoms with Crippen LogP contribution < -0.4 is 0 Å². The fourth-order valence-electron chi connectivity index (χ4n) is 1.27. The van der Waals surface area contributed by atoms with Crippen molar-refractivity contribution in [3.8, 4) is 0 Å². The molecule has 1 aliphatic heterocycles. The van der Waals surface area contributed by atoms with Crippen molar-refractivity contribution in [3.63, 3.8) is 0 Å². The second-order valence-corrected chi connectivity index (χ2v) is 6.04. The molecular formula is C7H15O4P. The van der Waals surface area contributed by atoms with Crippen LogP contribution in [0.15, 0.2) is 0 Å². The van der Waals surface area contributed by atoms with Crippen LogP contribution in [0.5, 0.6) is 0 Å². The van der Waals surface area contributed by atoms with Crippen LogP contribution in [0.2, 0.25) is 0 Å². The first-order chi connectivity index (χ1) is 5.66. The molecule has 1 N–H and O–H groups in total. The Morgan fingerprint density at radius 2 is 2.42 bits per heavy atom. The molecule has 0 aromatic carbocycles. The molecule has 12 heavy (non-hydrogen) atoms. The second kappa shape index (κ2) is 4.17. The van der Waals surface area contributed by atoms with Crippen molar-refractivity contribution in [1.29, 1.82) is 0 Å². The number of rotatable bonds is 2. The number of carbonyl (C=O) groups is 1. The second-order valence-electron chi connectivity index (χ2n) is 3.00. The fraction of sp³-hybridized carbons (Fsp3) is 0.857. The van der Waals surface area contributed by atoms with Gasteiger partial charge >= 0.3 is 71.5 Å². The van der Waals surface area contributed by atoms with Gasteiger partial charge in [0.25, 0.3) is 0 Å². The fourth-order valence-corrected chi connectivity index (χ4v) is 3.62. The summed E-state index contributed by atoms with van der Waals surface area (Å²) in [5.41, 5.74) is 0. The van der Waals surface area contributed by atoms with Gasteiger partial charge in [0.15, 0.2) is 0 Å². The standard InChI is InChI=1S/C7H15O4P/c1-10-7(8)6-12(9)5-3-2-4-11-12/h9,12H,2-6H2,1H3. The Morgan fingerprint density at radius 3 is 2.92 bits per heavy atom. The van der Waals surface area contributed by atoms with E-state index in [0.717, 1.165) is 12.8 Å². The molecule has 72 valence electrons. The predicted molar refractivity (Wildman–Crippen MR) is 47.5 cm³/mol. The molecule has 0 radical (unpaired) electrons. The van der Waals surface area contributed by atoms with Gasteiger partial charge in [0, 0.05) is 0 Å². The summed E-state index contributed by atoms with van der Waals surface area (Å²) in [5.74, 6) is -0.369. The molecule has 5 heteroatoms. The molecule has 0 aromatic rings. The van der Waals surface area contributed by atoms with Crippen molar-refractivity contribution in [2.24, 2.45) is 0 Å². The van der Waals surface area contributed by atoms with E-state index in [2.05, 4.69) is 4.74 Å². The van der Waals surface area contributed by atoms with Gasteiger partial charge in [-0.3, -0.25) is 0 Å². The van der Waals surface area contributed by atoms with Crippen LogP contribution in [-0.4, -0.2) is 36.9 Å². The molecule has 0 aliphatic carbocycles. The minimum atomic E-state index is -2.70. The summed E-state index contributed by atoms with van der Waals surface area (Å²) >= 11 is 0. The molecule has 1 fully saturated rings. The van der Waals surface area contributed by atoms with Crippen LogP contribution in [0, 0.1) is 0 Å². The van der Waals surface area contributed by atoms with Crippen LogP contribution >= 0.6 is 7.72 Å². The van der Waals surface area contributed by atoms with Gasteiger partial charge in [-0.1, -0.05) is 0 Å². The molecule has 0 atom stereocenters. The summed E-state index contributed by atoms with van der Waals surface area (Å²) in [7, 11) is -1.37. The third kappa shape index (κ3) is 2.70. The average molecular weight is 194 g/mol. The van der Waals surface area contributed by atoms with Crippen LogP contribution in [0.1, 0.15) is 12.8 Å². The Labute approximate surface area is 72.4 Å². The Morgan fingerprint density at radius 1 is 1.67 bits per heavy atom. The Balaban J connectivity index is 2.41. The van der Waals surface area contributed by atoms with Crippen molar-refractivity contribution < 1.29 is 18.9 Å². The third-order valence-electron chi connectivity index (χ3n) is 1.98. The van der Waals surface area contributed by atoms with Gasteiger partial charge in [-0.25, -0.2) is 0 Å². The van der Waals surface area contributed by atoms with Crippen LogP contribution in [0.4, 0.5) is 0 Å². The first-order valence-electron chi connectivity index (χ1n) is 4.09. The van der Waals surface area contributed by atoms with Gasteiger partial charge in [-0.05, 0) is 0 Å². The van der Waals surface area contributed by atoms with Gasteiger partial charge in [0.1, 0.15) is 0 Å². The molecule has 0 unspecified atom stereocenters.